The van der Waals surface area contributed by atoms with Gasteiger partial charge < -0.3 is 20.2 Å². The first kappa shape index (κ1) is 47.3. The van der Waals surface area contributed by atoms with E-state index in [2.05, 4.69) is 73.8 Å². The van der Waals surface area contributed by atoms with Crippen molar-refractivity contribution in [1.29, 1.82) is 0 Å². The van der Waals surface area contributed by atoms with Crippen molar-refractivity contribution in [2.24, 2.45) is 5.41 Å². The zero-order valence-corrected chi connectivity index (χ0v) is 42.7. The van der Waals surface area contributed by atoms with Crippen LogP contribution in [0.2, 0.25) is 0 Å². The first-order valence-corrected chi connectivity index (χ1v) is 25.0. The molecule has 74 heavy (non-hydrogen) atoms. The number of thiophene rings is 2. The van der Waals surface area contributed by atoms with E-state index < -0.39 is 5.41 Å². The number of hydrogen-bond acceptors (Lipinski definition) is 14. The lowest BCUT2D eigenvalue weighted by atomic mass is 9.95. The zero-order chi connectivity index (χ0) is 51.4. The van der Waals surface area contributed by atoms with Crippen LogP contribution in [0.25, 0.3) is 110 Å². The molecule has 19 heteroatoms. The molecule has 1 amide bonds. The van der Waals surface area contributed by atoms with E-state index in [0.29, 0.717) is 32.8 Å². The molecule has 0 aliphatic rings. The minimum atomic E-state index is -0.512. The lowest BCUT2D eigenvalue weighted by molar-refractivity contribution is -0.123. The summed E-state index contributed by atoms with van der Waals surface area (Å²) >= 11 is 2.87. The first-order valence-electron chi connectivity index (χ1n) is 23.4. The zero-order valence-electron chi connectivity index (χ0n) is 41.1. The molecule has 0 radical (unpaired) electrons. The van der Waals surface area contributed by atoms with Crippen molar-refractivity contribution in [2.45, 2.75) is 34.6 Å². The van der Waals surface area contributed by atoms with Gasteiger partial charge in [0.1, 0.15) is 22.4 Å². The Morgan fingerprint density at radius 1 is 0.541 bits per heavy atom. The summed E-state index contributed by atoms with van der Waals surface area (Å²) in [6.45, 7) is 8.75. The molecular formula is C55H46N14O3S2. The maximum Gasteiger partial charge on any atom is 0.229 e. The molecular weight excluding hydrogens is 969 g/mol. The third kappa shape index (κ3) is 9.09. The molecule has 0 saturated heterocycles. The van der Waals surface area contributed by atoms with E-state index in [9.17, 15) is 14.4 Å². The Labute approximate surface area is 430 Å². The molecule has 10 heterocycles. The molecule has 0 aliphatic heterocycles. The second-order valence-corrected chi connectivity index (χ2v) is 21.1. The summed E-state index contributed by atoms with van der Waals surface area (Å²) < 4.78 is 0. The highest BCUT2D eigenvalue weighted by molar-refractivity contribution is 7.17. The predicted molar refractivity (Wildman–Crippen MR) is 293 cm³/mol. The molecule has 0 aliphatic carbocycles. The fourth-order valence-corrected chi connectivity index (χ4v) is 10.2. The second-order valence-electron chi connectivity index (χ2n) is 18.9. The number of carbonyl (C=O) groups excluding carboxylic acids is 3. The van der Waals surface area contributed by atoms with Crippen molar-refractivity contribution >= 4 is 95.4 Å². The highest BCUT2D eigenvalue weighted by atomic mass is 32.1. The van der Waals surface area contributed by atoms with Crippen LogP contribution in [0.5, 0.6) is 0 Å². The summed E-state index contributed by atoms with van der Waals surface area (Å²) in [4.78, 5) is 75.4. The van der Waals surface area contributed by atoms with Crippen LogP contribution >= 0.6 is 22.7 Å². The number of Topliss-reactive ketones (excluding diaryl/α,β-unsaturated/α-hetero) is 2. The van der Waals surface area contributed by atoms with Crippen molar-refractivity contribution < 1.29 is 14.4 Å². The van der Waals surface area contributed by atoms with E-state index in [1.54, 1.807) is 51.0 Å². The average Bonchev–Trinajstić information content (AvgIpc) is 4.26. The summed E-state index contributed by atoms with van der Waals surface area (Å²) in [6.07, 6.45) is 14.2. The van der Waals surface area contributed by atoms with Gasteiger partial charge in [-0.3, -0.25) is 44.5 Å². The number of carbonyl (C=O) groups is 3. The predicted octanol–water partition coefficient (Wildman–Crippen LogP) is 12.0. The molecule has 0 atom stereocenters. The van der Waals surface area contributed by atoms with Crippen LogP contribution in [-0.4, -0.2) is 91.8 Å². The quantitative estimate of drug-likeness (QED) is 0.0805. The van der Waals surface area contributed by atoms with Crippen LogP contribution in [0.4, 0.5) is 11.4 Å². The average molecular weight is 1020 g/mol. The molecule has 17 nitrogen and oxygen atoms in total. The lowest BCUT2D eigenvalue weighted by Gasteiger charge is -2.17. The monoisotopic (exact) mass is 1010 g/mol. The van der Waals surface area contributed by atoms with Crippen molar-refractivity contribution in [3.8, 4) is 66.2 Å². The number of hydrogen-bond donors (Lipinski definition) is 5. The van der Waals surface area contributed by atoms with Crippen LogP contribution in [-0.2, 0) is 4.79 Å². The summed E-state index contributed by atoms with van der Waals surface area (Å²) in [6, 6.07) is 23.7. The van der Waals surface area contributed by atoms with Gasteiger partial charge in [0.2, 0.25) is 5.91 Å². The van der Waals surface area contributed by atoms with Gasteiger partial charge in [-0.1, -0.05) is 32.9 Å². The Bertz CT molecular complexity index is 4150. The van der Waals surface area contributed by atoms with E-state index in [1.807, 2.05) is 107 Å². The van der Waals surface area contributed by atoms with Gasteiger partial charge in [-0.2, -0.15) is 10.2 Å². The van der Waals surface area contributed by atoms with Crippen LogP contribution in [0.1, 0.15) is 54.0 Å². The largest absolute Gasteiger partial charge is 0.376 e. The Balaban J connectivity index is 0.000000160. The van der Waals surface area contributed by atoms with Gasteiger partial charge in [0, 0.05) is 87.1 Å². The summed E-state index contributed by atoms with van der Waals surface area (Å²) in [5, 5.41) is 20.1. The number of aromatic nitrogens is 12. The Kier molecular flexibility index (Phi) is 12.0. The second kappa shape index (κ2) is 18.8. The number of pyridine rings is 4. The van der Waals surface area contributed by atoms with Crippen molar-refractivity contribution in [1.82, 2.24) is 60.3 Å². The highest BCUT2D eigenvalue weighted by Gasteiger charge is 2.23. The summed E-state index contributed by atoms with van der Waals surface area (Å²) in [7, 11) is 4.00. The van der Waals surface area contributed by atoms with E-state index in [4.69, 9.17) is 9.97 Å². The normalized spacial score (nSPS) is 11.6. The maximum absolute atomic E-state index is 12.5. The van der Waals surface area contributed by atoms with E-state index >= 15 is 0 Å². The molecule has 0 bridgehead atoms. The molecule has 0 fully saturated rings. The molecule has 12 rings (SSSR count). The van der Waals surface area contributed by atoms with Crippen LogP contribution in [0, 0.1) is 5.41 Å². The van der Waals surface area contributed by atoms with Crippen molar-refractivity contribution in [3.63, 3.8) is 0 Å². The number of anilines is 2. The summed E-state index contributed by atoms with van der Waals surface area (Å²) in [5.74, 6) is 1.27. The molecule has 0 spiro atoms. The molecule has 2 aromatic carbocycles. The number of nitrogens with one attached hydrogen (secondary N) is 5. The molecule has 366 valence electrons. The van der Waals surface area contributed by atoms with Gasteiger partial charge in [-0.05, 0) is 85.6 Å². The van der Waals surface area contributed by atoms with Crippen LogP contribution in [0.15, 0.2) is 122 Å². The van der Waals surface area contributed by atoms with Gasteiger partial charge in [0.25, 0.3) is 0 Å². The third-order valence-corrected chi connectivity index (χ3v) is 14.8. The number of amides is 1. The highest BCUT2D eigenvalue weighted by Crippen LogP contribution is 2.38. The fraction of sp³-hybridized carbons (Fsp3) is 0.145. The van der Waals surface area contributed by atoms with Crippen LogP contribution < -0.4 is 10.2 Å². The number of H-pyrrole nitrogens is 4. The van der Waals surface area contributed by atoms with E-state index in [0.717, 1.165) is 98.4 Å². The molecule has 0 saturated carbocycles. The van der Waals surface area contributed by atoms with E-state index in [-0.39, 0.29) is 17.5 Å². The van der Waals surface area contributed by atoms with Gasteiger partial charge in [0.05, 0.1) is 68.0 Å². The molecule has 5 N–H and O–H groups in total. The molecule has 10 aromatic heterocycles. The number of fused-ring (bicyclic) bond motifs is 4. The number of nitrogens with zero attached hydrogens (tertiary/aromatic N) is 9. The topological polar surface area (TPSA) is 233 Å². The van der Waals surface area contributed by atoms with Crippen molar-refractivity contribution in [2.75, 3.05) is 24.3 Å². The number of aromatic amines is 4. The van der Waals surface area contributed by atoms with Gasteiger partial charge in [0.15, 0.2) is 23.2 Å². The van der Waals surface area contributed by atoms with Crippen molar-refractivity contribution in [3.05, 3.63) is 132 Å². The molecule has 12 aromatic rings. The van der Waals surface area contributed by atoms with Crippen LogP contribution in [0.3, 0.4) is 0 Å². The first-order chi connectivity index (χ1) is 35.6. The minimum absolute atomic E-state index is 0.0326. The number of ketones is 2. The summed E-state index contributed by atoms with van der Waals surface area (Å²) in [5.41, 5.74) is 13.1. The molecule has 0 unspecified atom stereocenters. The lowest BCUT2D eigenvalue weighted by Crippen LogP contribution is -2.27. The van der Waals surface area contributed by atoms with Gasteiger partial charge >= 0.3 is 0 Å². The number of rotatable bonds is 10. The van der Waals surface area contributed by atoms with Gasteiger partial charge in [-0.15, -0.1) is 22.7 Å². The Morgan fingerprint density at radius 3 is 1.50 bits per heavy atom. The number of imidazole rings is 2. The standard InChI is InChI=1S/C29H25N7O2S.C26H21N7OS/c1-15(37)23-7-8-24(39-23)20-13-31-14-22-25(20)34-27(33-22)26-19-10-16(5-6-21(19)35-36-26)17-9-18(12-30-11-17)32-28(38)29(2,3)4;1-14(34)22-6-7-23(35-22)19-12-28-13-21-24(19)30-26(29-21)25-18-9-15(4-5-20(18)31-32-25)16-8-17(33(2)3)11-27-10-16/h5-14H,1-4H3,(H,32,38)(H,33,34)(H,35,36);4-13H,1-3H3,(H,29,30)(H,31,32). The third-order valence-electron chi connectivity index (χ3n) is 12.4. The fourth-order valence-electron chi connectivity index (χ4n) is 8.36. The Hall–Kier alpha value is -9.07. The maximum atomic E-state index is 12.5. The SMILES string of the molecule is CC(=O)c1ccc(-c2cncc3[nH]c(-c4n[nH]c5ccc(-c6cncc(N(C)C)c6)cc45)nc23)s1.CC(=O)c1ccc(-c2cncc3[nH]c(-c4n[nH]c5ccc(-c6cncc(NC(=O)C(C)(C)C)c6)cc45)nc23)s1. The van der Waals surface area contributed by atoms with Gasteiger partial charge in [-0.25, -0.2) is 9.97 Å². The Morgan fingerprint density at radius 2 is 1.03 bits per heavy atom. The van der Waals surface area contributed by atoms with E-state index in [1.165, 1.54) is 22.7 Å². The number of benzene rings is 2. The minimum Gasteiger partial charge on any atom is -0.376 e. The smallest absolute Gasteiger partial charge is 0.229 e.